The van der Waals surface area contributed by atoms with Crippen LogP contribution in [0.3, 0.4) is 0 Å². The monoisotopic (exact) mass is 577 g/mol. The molecule has 2 fully saturated rings. The number of amides is 3. The Morgan fingerprint density at radius 1 is 0.976 bits per heavy atom. The molecule has 3 amide bonds. The quantitative estimate of drug-likeness (QED) is 0.274. The smallest absolute Gasteiger partial charge is 0.243 e. The summed E-state index contributed by atoms with van der Waals surface area (Å²) in [7, 11) is 0. The Bertz CT molecular complexity index is 1180. The van der Waals surface area contributed by atoms with E-state index in [9.17, 15) is 19.2 Å². The molecular weight excluding hydrogens is 534 g/mol. The van der Waals surface area contributed by atoms with Crippen molar-refractivity contribution in [1.29, 1.82) is 0 Å². The van der Waals surface area contributed by atoms with Gasteiger partial charge in [-0.3, -0.25) is 29.4 Å². The molecule has 0 saturated carbocycles. The van der Waals surface area contributed by atoms with Crippen molar-refractivity contribution in [2.75, 3.05) is 60.9 Å². The van der Waals surface area contributed by atoms with E-state index in [0.717, 1.165) is 81.4 Å². The average molecular weight is 578 g/mol. The molecule has 0 spiro atoms. The van der Waals surface area contributed by atoms with Gasteiger partial charge >= 0.3 is 0 Å². The van der Waals surface area contributed by atoms with Crippen LogP contribution in [0.5, 0.6) is 0 Å². The molecule has 0 aliphatic carbocycles. The molecule has 2 saturated heterocycles. The van der Waals surface area contributed by atoms with Gasteiger partial charge in [0.1, 0.15) is 12.1 Å². The minimum atomic E-state index is -0.491. The first-order chi connectivity index (χ1) is 20.5. The fourth-order valence-corrected chi connectivity index (χ4v) is 5.86. The van der Waals surface area contributed by atoms with Crippen molar-refractivity contribution in [2.24, 2.45) is 5.92 Å². The van der Waals surface area contributed by atoms with E-state index in [1.807, 2.05) is 43.5 Å². The van der Waals surface area contributed by atoms with Crippen LogP contribution in [0.25, 0.3) is 0 Å². The van der Waals surface area contributed by atoms with Crippen LogP contribution in [0.2, 0.25) is 0 Å². The van der Waals surface area contributed by atoms with Crippen LogP contribution in [-0.4, -0.2) is 86.8 Å². The van der Waals surface area contributed by atoms with Crippen LogP contribution in [0, 0.1) is 5.92 Å². The van der Waals surface area contributed by atoms with E-state index in [2.05, 4.69) is 35.6 Å². The molecular formula is C31H43N7O4. The largest absolute Gasteiger partial charge is 0.370 e. The maximum Gasteiger partial charge on any atom is 0.243 e. The molecule has 0 radical (unpaired) electrons. The molecule has 3 N–H and O–H groups in total. The normalized spacial score (nSPS) is 17.0. The highest BCUT2D eigenvalue weighted by Crippen LogP contribution is 2.26. The molecule has 0 bridgehead atoms. The second-order valence-electron chi connectivity index (χ2n) is 11.1. The Balaban J connectivity index is 1.22. The number of hydrogen-bond acceptors (Lipinski definition) is 9. The maximum atomic E-state index is 12.2. The van der Waals surface area contributed by atoms with Crippen molar-refractivity contribution < 1.29 is 19.2 Å². The first-order valence-electron chi connectivity index (χ1n) is 15.0. The van der Waals surface area contributed by atoms with Crippen molar-refractivity contribution in [3.05, 3.63) is 47.7 Å². The lowest BCUT2D eigenvalue weighted by atomic mass is 9.93. The second kappa shape index (κ2) is 16.0. The van der Waals surface area contributed by atoms with E-state index in [1.165, 1.54) is 19.3 Å². The fraction of sp³-hybridized carbons (Fsp3) is 0.516. The first kappa shape index (κ1) is 31.1. The molecule has 1 unspecified atom stereocenters. The summed E-state index contributed by atoms with van der Waals surface area (Å²) in [6, 6.07) is 9.26. The number of aromatic nitrogens is 1. The molecule has 4 rings (SSSR count). The van der Waals surface area contributed by atoms with Gasteiger partial charge in [0.25, 0.3) is 0 Å². The highest BCUT2D eigenvalue weighted by molar-refractivity contribution is 5.90. The molecule has 2 aliphatic heterocycles. The highest BCUT2D eigenvalue weighted by atomic mass is 16.2. The molecule has 1 aromatic heterocycles. The SMILES string of the molecule is CCCC(NCc1cc(N2CCN(CCC3CCN(c4ccc(NC=O)nc4)CC3)CC2)ccc1C=O)C(=O)NC=O. The van der Waals surface area contributed by atoms with Gasteiger partial charge < -0.3 is 20.4 Å². The molecule has 2 aromatic rings. The van der Waals surface area contributed by atoms with Gasteiger partial charge in [0.15, 0.2) is 0 Å². The van der Waals surface area contributed by atoms with Gasteiger partial charge in [-0.2, -0.15) is 0 Å². The number of pyridine rings is 1. The number of carbonyl (C=O) groups is 4. The standard InChI is InChI=1S/C31H43N7O4/c1-2-3-29(31(42)35-23-41)32-19-26-18-27(5-4-25(26)21-39)38-16-14-36(15-17-38)11-8-24-9-12-37(13-10-24)28-6-7-30(33-20-28)34-22-40/h4-7,18,20-24,29,32H,2-3,8-17,19H2,1H3,(H,33,34,40)(H,35,41,42). The average Bonchev–Trinajstić information content (AvgIpc) is 3.03. The zero-order valence-electron chi connectivity index (χ0n) is 24.5. The number of aldehydes is 1. The number of benzene rings is 1. The Morgan fingerprint density at radius 2 is 1.71 bits per heavy atom. The predicted octanol–water partition coefficient (Wildman–Crippen LogP) is 2.42. The molecule has 2 aliphatic rings. The Kier molecular flexibility index (Phi) is 11.8. The minimum absolute atomic E-state index is 0.353. The lowest BCUT2D eigenvalue weighted by Crippen LogP contribution is -2.47. The van der Waals surface area contributed by atoms with E-state index in [0.29, 0.717) is 37.2 Å². The number of rotatable bonds is 15. The zero-order chi connectivity index (χ0) is 29.7. The first-order valence-corrected chi connectivity index (χ1v) is 15.0. The number of piperidine rings is 1. The van der Waals surface area contributed by atoms with Gasteiger partial charge in [-0.15, -0.1) is 0 Å². The van der Waals surface area contributed by atoms with Crippen LogP contribution in [0.1, 0.15) is 54.9 Å². The third-order valence-electron chi connectivity index (χ3n) is 8.41. The number of carbonyl (C=O) groups excluding carboxylic acids is 4. The van der Waals surface area contributed by atoms with Gasteiger partial charge in [-0.05, 0) is 74.0 Å². The maximum absolute atomic E-state index is 12.2. The third kappa shape index (κ3) is 8.59. The Labute approximate surface area is 248 Å². The molecule has 11 nitrogen and oxygen atoms in total. The molecule has 1 atom stereocenters. The topological polar surface area (TPSA) is 127 Å². The van der Waals surface area contributed by atoms with E-state index in [1.54, 1.807) is 0 Å². The van der Waals surface area contributed by atoms with Crippen molar-refractivity contribution in [3.8, 4) is 0 Å². The van der Waals surface area contributed by atoms with Crippen LogP contribution in [-0.2, 0) is 20.9 Å². The number of anilines is 3. The van der Waals surface area contributed by atoms with E-state index in [-0.39, 0.29) is 5.91 Å². The van der Waals surface area contributed by atoms with Gasteiger partial charge in [0, 0.05) is 57.1 Å². The molecule has 42 heavy (non-hydrogen) atoms. The second-order valence-corrected chi connectivity index (χ2v) is 11.1. The molecule has 1 aromatic carbocycles. The van der Waals surface area contributed by atoms with E-state index < -0.39 is 6.04 Å². The van der Waals surface area contributed by atoms with Crippen LogP contribution in [0.4, 0.5) is 17.2 Å². The summed E-state index contributed by atoms with van der Waals surface area (Å²) in [5, 5.41) is 8.03. The molecule has 11 heteroatoms. The van der Waals surface area contributed by atoms with Crippen molar-refractivity contribution in [3.63, 3.8) is 0 Å². The lowest BCUT2D eigenvalue weighted by molar-refractivity contribution is -0.127. The Hall–Kier alpha value is -3.83. The van der Waals surface area contributed by atoms with Crippen molar-refractivity contribution in [1.82, 2.24) is 20.5 Å². The summed E-state index contributed by atoms with van der Waals surface area (Å²) >= 11 is 0. The number of imide groups is 1. The molecule has 226 valence electrons. The third-order valence-corrected chi connectivity index (χ3v) is 8.41. The summed E-state index contributed by atoms with van der Waals surface area (Å²) in [5.41, 5.74) is 3.63. The summed E-state index contributed by atoms with van der Waals surface area (Å²) < 4.78 is 0. The van der Waals surface area contributed by atoms with Crippen molar-refractivity contribution in [2.45, 2.75) is 51.6 Å². The predicted molar refractivity (Wildman–Crippen MR) is 164 cm³/mol. The van der Waals surface area contributed by atoms with E-state index in [4.69, 9.17) is 0 Å². The minimum Gasteiger partial charge on any atom is -0.370 e. The lowest BCUT2D eigenvalue weighted by Gasteiger charge is -2.38. The van der Waals surface area contributed by atoms with Crippen LogP contribution in [0.15, 0.2) is 36.5 Å². The van der Waals surface area contributed by atoms with Gasteiger partial charge in [0.05, 0.1) is 17.9 Å². The summed E-state index contributed by atoms with van der Waals surface area (Å²) in [4.78, 5) is 56.8. The van der Waals surface area contributed by atoms with Crippen LogP contribution >= 0.6 is 0 Å². The number of piperazine rings is 1. The highest BCUT2D eigenvalue weighted by Gasteiger charge is 2.23. The Morgan fingerprint density at radius 3 is 2.36 bits per heavy atom. The molecule has 3 heterocycles. The number of hydrogen-bond donors (Lipinski definition) is 3. The zero-order valence-corrected chi connectivity index (χ0v) is 24.5. The van der Waals surface area contributed by atoms with Gasteiger partial charge in [-0.1, -0.05) is 13.3 Å². The summed E-state index contributed by atoms with van der Waals surface area (Å²) in [6.45, 7) is 9.35. The number of nitrogens with zero attached hydrogens (tertiary/aromatic N) is 4. The summed E-state index contributed by atoms with van der Waals surface area (Å²) in [6.07, 6.45) is 8.66. The van der Waals surface area contributed by atoms with E-state index >= 15 is 0 Å². The van der Waals surface area contributed by atoms with Gasteiger partial charge in [0.2, 0.25) is 18.7 Å². The summed E-state index contributed by atoms with van der Waals surface area (Å²) in [5.74, 6) is 0.936. The fourth-order valence-electron chi connectivity index (χ4n) is 5.86. The van der Waals surface area contributed by atoms with Crippen molar-refractivity contribution >= 4 is 42.2 Å². The van der Waals surface area contributed by atoms with Crippen LogP contribution < -0.4 is 25.8 Å². The number of nitrogens with one attached hydrogen (secondary N) is 3. The van der Waals surface area contributed by atoms with Gasteiger partial charge in [-0.25, -0.2) is 4.98 Å².